The van der Waals surface area contributed by atoms with Crippen LogP contribution in [-0.4, -0.2) is 76.5 Å². The molecule has 32 heavy (non-hydrogen) atoms. The number of hydrogen-bond acceptors (Lipinski definition) is 6. The second kappa shape index (κ2) is 8.99. The fourth-order valence-electron chi connectivity index (χ4n) is 4.42. The number of amides is 1. The van der Waals surface area contributed by atoms with E-state index in [1.807, 2.05) is 12.1 Å². The second-order valence-electron chi connectivity index (χ2n) is 8.11. The highest BCUT2D eigenvalue weighted by Crippen LogP contribution is 2.32. The van der Waals surface area contributed by atoms with E-state index in [2.05, 4.69) is 24.0 Å². The highest BCUT2D eigenvalue weighted by molar-refractivity contribution is 7.89. The van der Waals surface area contributed by atoms with Crippen LogP contribution in [0, 0.1) is 0 Å². The Bertz CT molecular complexity index is 1100. The molecular weight excluding hydrogens is 430 g/mol. The molecule has 0 aromatic heterocycles. The lowest BCUT2D eigenvalue weighted by Gasteiger charge is -2.35. The topological polar surface area (TPSA) is 79.4 Å². The maximum Gasteiger partial charge on any atom is 0.247 e. The van der Waals surface area contributed by atoms with E-state index in [-0.39, 0.29) is 35.7 Å². The van der Waals surface area contributed by atoms with Crippen molar-refractivity contribution in [2.75, 3.05) is 51.8 Å². The molecule has 1 fully saturated rings. The molecule has 1 saturated heterocycles. The van der Waals surface area contributed by atoms with Crippen LogP contribution in [0.25, 0.3) is 0 Å². The molecule has 0 radical (unpaired) electrons. The average Bonchev–Trinajstić information content (AvgIpc) is 3.13. The lowest BCUT2D eigenvalue weighted by molar-refractivity contribution is -0.130. The molecule has 2 aromatic carbocycles. The number of sulfonamides is 1. The van der Waals surface area contributed by atoms with Gasteiger partial charge in [-0.1, -0.05) is 18.2 Å². The number of anilines is 1. The molecule has 2 aliphatic rings. The summed E-state index contributed by atoms with van der Waals surface area (Å²) in [5.74, 6) is 0.730. The van der Waals surface area contributed by atoms with Crippen molar-refractivity contribution in [3.05, 3.63) is 48.0 Å². The Kier molecular flexibility index (Phi) is 6.30. The third-order valence-corrected chi connectivity index (χ3v) is 8.15. The summed E-state index contributed by atoms with van der Waals surface area (Å²) in [5, 5.41) is 0. The van der Waals surface area contributed by atoms with E-state index in [9.17, 15) is 13.2 Å². The summed E-state index contributed by atoms with van der Waals surface area (Å²) in [5.41, 5.74) is 2.37. The van der Waals surface area contributed by atoms with Gasteiger partial charge >= 0.3 is 0 Å². The number of methoxy groups -OCH3 is 2. The van der Waals surface area contributed by atoms with Crippen LogP contribution in [0.15, 0.2) is 47.4 Å². The highest BCUT2D eigenvalue weighted by atomic mass is 32.2. The molecule has 0 unspecified atom stereocenters. The molecule has 0 bridgehead atoms. The first-order valence-corrected chi connectivity index (χ1v) is 12.1. The lowest BCUT2D eigenvalue weighted by Crippen LogP contribution is -2.53. The zero-order chi connectivity index (χ0) is 22.9. The molecule has 1 atom stereocenters. The first kappa shape index (κ1) is 22.4. The van der Waals surface area contributed by atoms with Gasteiger partial charge in [-0.25, -0.2) is 8.42 Å². The van der Waals surface area contributed by atoms with Crippen LogP contribution < -0.4 is 14.4 Å². The van der Waals surface area contributed by atoms with Gasteiger partial charge in [-0.3, -0.25) is 4.79 Å². The first-order valence-electron chi connectivity index (χ1n) is 10.7. The van der Waals surface area contributed by atoms with Crippen LogP contribution in [0.4, 0.5) is 5.69 Å². The summed E-state index contributed by atoms with van der Waals surface area (Å²) in [4.78, 5) is 17.0. The lowest BCUT2D eigenvalue weighted by atomic mass is 10.1. The van der Waals surface area contributed by atoms with E-state index >= 15 is 0 Å². The Labute approximate surface area is 189 Å². The molecule has 2 aromatic rings. The zero-order valence-electron chi connectivity index (χ0n) is 18.7. The average molecular weight is 460 g/mol. The summed E-state index contributed by atoms with van der Waals surface area (Å²) in [7, 11) is -0.850. The third kappa shape index (κ3) is 4.14. The predicted molar refractivity (Wildman–Crippen MR) is 122 cm³/mol. The minimum absolute atomic E-state index is 0.0181. The van der Waals surface area contributed by atoms with Crippen LogP contribution in [0.2, 0.25) is 0 Å². The second-order valence-corrected chi connectivity index (χ2v) is 10.0. The van der Waals surface area contributed by atoms with E-state index in [0.717, 1.165) is 12.1 Å². The van der Waals surface area contributed by atoms with Crippen molar-refractivity contribution in [1.29, 1.82) is 0 Å². The monoisotopic (exact) mass is 459 g/mol. The molecule has 2 heterocycles. The van der Waals surface area contributed by atoms with Crippen molar-refractivity contribution < 1.29 is 22.7 Å². The van der Waals surface area contributed by atoms with Crippen molar-refractivity contribution in [3.63, 3.8) is 0 Å². The van der Waals surface area contributed by atoms with Gasteiger partial charge in [0.2, 0.25) is 15.9 Å². The minimum atomic E-state index is -3.78. The van der Waals surface area contributed by atoms with Gasteiger partial charge in [0.1, 0.15) is 16.4 Å². The molecule has 0 spiro atoms. The van der Waals surface area contributed by atoms with E-state index < -0.39 is 10.0 Å². The van der Waals surface area contributed by atoms with Gasteiger partial charge in [-0.2, -0.15) is 4.31 Å². The Morgan fingerprint density at radius 3 is 2.44 bits per heavy atom. The van der Waals surface area contributed by atoms with E-state index in [1.54, 1.807) is 17.0 Å². The summed E-state index contributed by atoms with van der Waals surface area (Å²) in [6.45, 7) is 3.61. The van der Waals surface area contributed by atoms with E-state index in [4.69, 9.17) is 9.47 Å². The van der Waals surface area contributed by atoms with Gasteiger partial charge in [-0.15, -0.1) is 0 Å². The fraction of sp³-hybridized carbons (Fsp3) is 0.435. The smallest absolute Gasteiger partial charge is 0.247 e. The maximum atomic E-state index is 13.2. The number of hydrogen-bond donors (Lipinski definition) is 0. The number of carbonyl (C=O) groups is 1. The molecule has 0 saturated carbocycles. The summed E-state index contributed by atoms with van der Waals surface area (Å²) in [6.07, 6.45) is 0.928. The Morgan fingerprint density at radius 1 is 1.03 bits per heavy atom. The standard InChI is InChI=1S/C23H29N3O5S/c1-17-14-18-6-4-5-7-20(18)26(17)16-23(27)24-10-12-25(13-11-24)32(28,29)22-15-19(30-2)8-9-21(22)31-3/h4-9,15,17H,10-14,16H2,1-3H3/t17-/m0/s1. The van der Waals surface area contributed by atoms with Crippen molar-refractivity contribution in [3.8, 4) is 11.5 Å². The number of piperazine rings is 1. The number of carbonyl (C=O) groups excluding carboxylic acids is 1. The Hall–Kier alpha value is -2.78. The number of rotatable bonds is 6. The highest BCUT2D eigenvalue weighted by Gasteiger charge is 2.34. The molecule has 0 N–H and O–H groups in total. The van der Waals surface area contributed by atoms with Gasteiger partial charge < -0.3 is 19.3 Å². The molecular formula is C23H29N3O5S. The van der Waals surface area contributed by atoms with E-state index in [1.165, 1.54) is 30.2 Å². The summed E-state index contributed by atoms with van der Waals surface area (Å²) >= 11 is 0. The van der Waals surface area contributed by atoms with Gasteiger partial charge in [0.25, 0.3) is 0 Å². The van der Waals surface area contributed by atoms with Crippen LogP contribution in [0.1, 0.15) is 12.5 Å². The molecule has 8 nitrogen and oxygen atoms in total. The molecule has 2 aliphatic heterocycles. The summed E-state index contributed by atoms with van der Waals surface area (Å²) in [6, 6.07) is 13.1. The molecule has 1 amide bonds. The largest absolute Gasteiger partial charge is 0.497 e. The molecule has 9 heteroatoms. The van der Waals surface area contributed by atoms with Crippen LogP contribution >= 0.6 is 0 Å². The van der Waals surface area contributed by atoms with Gasteiger partial charge in [0, 0.05) is 44.0 Å². The fourth-order valence-corrected chi connectivity index (χ4v) is 6.01. The van der Waals surface area contributed by atoms with E-state index in [0.29, 0.717) is 25.4 Å². The van der Waals surface area contributed by atoms with Gasteiger partial charge in [-0.05, 0) is 37.1 Å². The number of para-hydroxylation sites is 1. The van der Waals surface area contributed by atoms with Crippen molar-refractivity contribution in [2.45, 2.75) is 24.3 Å². The predicted octanol–water partition coefficient (Wildman–Crippen LogP) is 1.99. The van der Waals surface area contributed by atoms with Crippen molar-refractivity contribution in [2.24, 2.45) is 0 Å². The van der Waals surface area contributed by atoms with Crippen molar-refractivity contribution >= 4 is 21.6 Å². The number of nitrogens with zero attached hydrogens (tertiary/aromatic N) is 3. The molecule has 4 rings (SSSR count). The zero-order valence-corrected chi connectivity index (χ0v) is 19.5. The first-order chi connectivity index (χ1) is 15.3. The summed E-state index contributed by atoms with van der Waals surface area (Å²) < 4.78 is 38.4. The van der Waals surface area contributed by atoms with Crippen LogP contribution in [-0.2, 0) is 21.2 Å². The third-order valence-electron chi connectivity index (χ3n) is 6.23. The number of benzene rings is 2. The number of ether oxygens (including phenoxy) is 2. The van der Waals surface area contributed by atoms with Gasteiger partial charge in [0.05, 0.1) is 20.8 Å². The molecule has 172 valence electrons. The molecule has 0 aliphatic carbocycles. The number of fused-ring (bicyclic) bond motifs is 1. The van der Waals surface area contributed by atoms with Crippen molar-refractivity contribution in [1.82, 2.24) is 9.21 Å². The SMILES string of the molecule is COc1ccc(OC)c(S(=O)(=O)N2CCN(C(=O)CN3c4ccccc4C[C@@H]3C)CC2)c1. The van der Waals surface area contributed by atoms with Crippen LogP contribution in [0.3, 0.4) is 0 Å². The quantitative estimate of drug-likeness (QED) is 0.657. The van der Waals surface area contributed by atoms with Crippen LogP contribution in [0.5, 0.6) is 11.5 Å². The normalized spacial score (nSPS) is 19.0. The Morgan fingerprint density at radius 2 is 1.75 bits per heavy atom. The van der Waals surface area contributed by atoms with Gasteiger partial charge in [0.15, 0.2) is 0 Å². The maximum absolute atomic E-state index is 13.2. The Balaban J connectivity index is 1.43. The minimum Gasteiger partial charge on any atom is -0.497 e.